The van der Waals surface area contributed by atoms with Crippen molar-refractivity contribution in [3.63, 3.8) is 0 Å². The first-order valence-corrected chi connectivity index (χ1v) is 7.72. The lowest BCUT2D eigenvalue weighted by Crippen LogP contribution is -2.40. The fraction of sp³-hybridized carbons (Fsp3) is 0.375. The molecule has 6 heteroatoms. The second-order valence-corrected chi connectivity index (χ2v) is 6.09. The highest BCUT2D eigenvalue weighted by Gasteiger charge is 2.33. The summed E-state index contributed by atoms with van der Waals surface area (Å²) < 4.78 is 0. The van der Waals surface area contributed by atoms with Gasteiger partial charge in [-0.25, -0.2) is 9.97 Å². The Kier molecular flexibility index (Phi) is 4.18. The number of aromatic nitrogens is 2. The van der Waals surface area contributed by atoms with E-state index in [1.807, 2.05) is 13.1 Å². The molecule has 1 aliphatic carbocycles. The fourth-order valence-corrected chi connectivity index (χ4v) is 2.85. The second kappa shape index (κ2) is 6.10. The molecule has 0 unspecified atom stereocenters. The van der Waals surface area contributed by atoms with Crippen molar-refractivity contribution >= 4 is 17.4 Å². The first kappa shape index (κ1) is 15.1. The normalized spacial score (nSPS) is 15.6. The number of anilines is 1. The van der Waals surface area contributed by atoms with Crippen LogP contribution in [0.3, 0.4) is 0 Å². The van der Waals surface area contributed by atoms with Crippen molar-refractivity contribution in [2.45, 2.75) is 18.9 Å². The minimum Gasteiger partial charge on any atom is -0.507 e. The number of halogens is 1. The van der Waals surface area contributed by atoms with E-state index >= 15 is 0 Å². The van der Waals surface area contributed by atoms with Crippen LogP contribution in [-0.4, -0.2) is 34.7 Å². The van der Waals surface area contributed by atoms with Gasteiger partial charge in [0.25, 0.3) is 0 Å². The molecule has 0 radical (unpaired) electrons. The molecule has 0 saturated heterocycles. The Morgan fingerprint density at radius 2 is 2.18 bits per heavy atom. The molecule has 1 atom stereocenters. The van der Waals surface area contributed by atoms with Gasteiger partial charge in [0.1, 0.15) is 11.6 Å². The number of phenols is 1. The Morgan fingerprint density at radius 1 is 1.41 bits per heavy atom. The molecule has 0 bridgehead atoms. The van der Waals surface area contributed by atoms with Crippen molar-refractivity contribution in [3.05, 3.63) is 35.5 Å². The number of likely N-dealkylation sites (N-methyl/N-ethyl adjacent to an activating group) is 1. The van der Waals surface area contributed by atoms with Gasteiger partial charge in [0, 0.05) is 30.9 Å². The molecule has 1 fully saturated rings. The van der Waals surface area contributed by atoms with E-state index < -0.39 is 0 Å². The Bertz CT molecular complexity index is 675. The molecular weight excluding hydrogens is 300 g/mol. The number of hydrogen-bond acceptors (Lipinski definition) is 5. The molecule has 0 aliphatic heterocycles. The van der Waals surface area contributed by atoms with Crippen LogP contribution in [0.5, 0.6) is 5.75 Å². The van der Waals surface area contributed by atoms with Gasteiger partial charge in [-0.15, -0.1) is 0 Å². The monoisotopic (exact) mass is 318 g/mol. The third-order valence-electron chi connectivity index (χ3n) is 4.11. The maximum atomic E-state index is 10.00. The zero-order valence-corrected chi connectivity index (χ0v) is 13.2. The van der Waals surface area contributed by atoms with E-state index in [9.17, 15) is 5.11 Å². The van der Waals surface area contributed by atoms with Crippen LogP contribution in [0.15, 0.2) is 30.5 Å². The lowest BCUT2D eigenvalue weighted by atomic mass is 10.1. The molecule has 1 aromatic heterocycles. The predicted octanol–water partition coefficient (Wildman–Crippen LogP) is 2.68. The van der Waals surface area contributed by atoms with E-state index in [0.29, 0.717) is 28.9 Å². The Labute approximate surface area is 134 Å². The quantitative estimate of drug-likeness (QED) is 0.886. The number of phenolic OH excluding ortho intramolecular Hbond substituents is 1. The van der Waals surface area contributed by atoms with Gasteiger partial charge in [0.15, 0.2) is 5.82 Å². The van der Waals surface area contributed by atoms with Gasteiger partial charge in [-0.1, -0.05) is 11.6 Å². The lowest BCUT2D eigenvalue weighted by molar-refractivity contribution is 0.477. The summed E-state index contributed by atoms with van der Waals surface area (Å²) in [5, 5.41) is 10.5. The van der Waals surface area contributed by atoms with Crippen molar-refractivity contribution in [2.24, 2.45) is 11.7 Å². The minimum absolute atomic E-state index is 0.113. The standard InChI is InChI=1S/C16H19ClN4O/c1-21(13(9-18)10-2-3-10)15-6-7-19-16(20-15)12-8-11(17)4-5-14(12)22/h4-8,10,13,22H,2-3,9,18H2,1H3/t13-/m0/s1. The Balaban J connectivity index is 1.93. The van der Waals surface area contributed by atoms with Crippen molar-refractivity contribution in [1.82, 2.24) is 9.97 Å². The fourth-order valence-electron chi connectivity index (χ4n) is 2.68. The first-order valence-electron chi connectivity index (χ1n) is 7.35. The summed E-state index contributed by atoms with van der Waals surface area (Å²) in [6.07, 6.45) is 4.13. The van der Waals surface area contributed by atoms with Crippen LogP contribution in [0.1, 0.15) is 12.8 Å². The summed E-state index contributed by atoms with van der Waals surface area (Å²) in [4.78, 5) is 10.9. The van der Waals surface area contributed by atoms with E-state index in [1.165, 1.54) is 12.8 Å². The molecule has 1 aliphatic rings. The second-order valence-electron chi connectivity index (χ2n) is 5.65. The maximum Gasteiger partial charge on any atom is 0.165 e. The number of benzene rings is 1. The van der Waals surface area contributed by atoms with E-state index in [1.54, 1.807) is 24.4 Å². The highest BCUT2D eigenvalue weighted by molar-refractivity contribution is 6.30. The molecule has 5 nitrogen and oxygen atoms in total. The minimum atomic E-state index is 0.113. The van der Waals surface area contributed by atoms with E-state index in [2.05, 4.69) is 14.9 Å². The molecule has 0 amide bonds. The average Bonchev–Trinajstić information content (AvgIpc) is 3.35. The summed E-state index contributed by atoms with van der Waals surface area (Å²) in [6, 6.07) is 6.99. The third-order valence-corrected chi connectivity index (χ3v) is 4.34. The number of nitrogens with zero attached hydrogens (tertiary/aromatic N) is 3. The lowest BCUT2D eigenvalue weighted by Gasteiger charge is -2.28. The van der Waals surface area contributed by atoms with E-state index in [-0.39, 0.29) is 11.8 Å². The van der Waals surface area contributed by atoms with Crippen LogP contribution in [-0.2, 0) is 0 Å². The number of nitrogens with two attached hydrogens (primary N) is 1. The summed E-state index contributed by atoms with van der Waals surface area (Å²) in [5.41, 5.74) is 6.43. The van der Waals surface area contributed by atoms with Crippen LogP contribution >= 0.6 is 11.6 Å². The van der Waals surface area contributed by atoms with Gasteiger partial charge >= 0.3 is 0 Å². The number of aromatic hydroxyl groups is 1. The number of rotatable bonds is 5. The van der Waals surface area contributed by atoms with Crippen molar-refractivity contribution in [2.75, 3.05) is 18.5 Å². The molecule has 2 aromatic rings. The predicted molar refractivity (Wildman–Crippen MR) is 88.1 cm³/mol. The van der Waals surface area contributed by atoms with Gasteiger partial charge in [0.2, 0.25) is 0 Å². The zero-order chi connectivity index (χ0) is 15.7. The topological polar surface area (TPSA) is 75.3 Å². The van der Waals surface area contributed by atoms with E-state index in [0.717, 1.165) is 5.82 Å². The van der Waals surface area contributed by atoms with Crippen molar-refractivity contribution < 1.29 is 5.11 Å². The van der Waals surface area contributed by atoms with Crippen molar-refractivity contribution in [1.29, 1.82) is 0 Å². The largest absolute Gasteiger partial charge is 0.507 e. The van der Waals surface area contributed by atoms with Gasteiger partial charge in [-0.05, 0) is 43.0 Å². The summed E-state index contributed by atoms with van der Waals surface area (Å²) in [7, 11) is 2.00. The highest BCUT2D eigenvalue weighted by Crippen LogP contribution is 2.36. The summed E-state index contributed by atoms with van der Waals surface area (Å²) in [6.45, 7) is 0.600. The molecule has 0 spiro atoms. The van der Waals surface area contributed by atoms with Crippen LogP contribution in [0.4, 0.5) is 5.82 Å². The molecule has 3 N–H and O–H groups in total. The molecule has 116 valence electrons. The van der Waals surface area contributed by atoms with Crippen LogP contribution in [0.25, 0.3) is 11.4 Å². The van der Waals surface area contributed by atoms with Gasteiger partial charge in [-0.2, -0.15) is 0 Å². The molecular formula is C16H19ClN4O. The summed E-state index contributed by atoms with van der Waals surface area (Å²) >= 11 is 6.00. The zero-order valence-electron chi connectivity index (χ0n) is 12.4. The molecule has 1 saturated carbocycles. The van der Waals surface area contributed by atoms with Crippen LogP contribution in [0, 0.1) is 5.92 Å². The van der Waals surface area contributed by atoms with Gasteiger partial charge < -0.3 is 15.7 Å². The number of hydrogen-bond donors (Lipinski definition) is 2. The average molecular weight is 319 g/mol. The van der Waals surface area contributed by atoms with Crippen LogP contribution < -0.4 is 10.6 Å². The smallest absolute Gasteiger partial charge is 0.165 e. The van der Waals surface area contributed by atoms with E-state index in [4.69, 9.17) is 17.3 Å². The SMILES string of the molecule is CN(c1ccnc(-c2cc(Cl)ccc2O)n1)[C@@H](CN)C1CC1. The first-order chi connectivity index (χ1) is 10.6. The maximum absolute atomic E-state index is 10.00. The van der Waals surface area contributed by atoms with Gasteiger partial charge in [0.05, 0.1) is 5.56 Å². The Morgan fingerprint density at radius 3 is 2.86 bits per heavy atom. The molecule has 22 heavy (non-hydrogen) atoms. The molecule has 3 rings (SSSR count). The van der Waals surface area contributed by atoms with Gasteiger partial charge in [-0.3, -0.25) is 0 Å². The Hall–Kier alpha value is -1.85. The van der Waals surface area contributed by atoms with Crippen molar-refractivity contribution in [3.8, 4) is 17.1 Å². The van der Waals surface area contributed by atoms with Crippen LogP contribution in [0.2, 0.25) is 5.02 Å². The molecule has 1 heterocycles. The highest BCUT2D eigenvalue weighted by atomic mass is 35.5. The third kappa shape index (κ3) is 3.00. The summed E-state index contributed by atoms with van der Waals surface area (Å²) in [5.74, 6) is 2.01. The molecule has 1 aromatic carbocycles.